The zero-order valence-electron chi connectivity index (χ0n) is 23.7. The number of carboxylic acid groups (broad SMARTS) is 1. The Balaban J connectivity index is 3.15. The van der Waals surface area contributed by atoms with E-state index in [1.54, 1.807) is 0 Å². The van der Waals surface area contributed by atoms with Gasteiger partial charge in [0.25, 0.3) is 0 Å². The predicted molar refractivity (Wildman–Crippen MR) is 142 cm³/mol. The highest BCUT2D eigenvalue weighted by molar-refractivity contribution is 5.70. The first-order valence-corrected chi connectivity index (χ1v) is 14.1. The molecule has 0 aromatic carbocycles. The molecule has 0 amide bonds. The van der Waals surface area contributed by atoms with Crippen molar-refractivity contribution in [3.05, 3.63) is 0 Å². The fourth-order valence-corrected chi connectivity index (χ4v) is 3.02. The fraction of sp³-hybridized carbons (Fsp3) is 0.889. The maximum atomic E-state index is 11.5. The Hall–Kier alpha value is -1.83. The quantitative estimate of drug-likeness (QED) is 0.0972. The number of carboxylic acids is 1. The molecule has 0 rings (SSSR count). The molecule has 0 radical (unpaired) electrons. The van der Waals surface area contributed by atoms with Gasteiger partial charge in [-0.2, -0.15) is 0 Å². The number of ether oxygens (including phenoxy) is 8. The standard InChI is InChI=1S/C27H50O12/c1-2-3-4-5-9-26(30)38-23-21-36-19-17-34-15-13-32-11-12-33-14-16-35-18-20-37-22-24-39-27(31)10-7-6-8-25(28)29/h2-24H2,1H3,(H,28,29). The summed E-state index contributed by atoms with van der Waals surface area (Å²) in [7, 11) is 0. The topological polar surface area (TPSA) is 145 Å². The first kappa shape index (κ1) is 37.2. The van der Waals surface area contributed by atoms with E-state index >= 15 is 0 Å². The first-order valence-electron chi connectivity index (χ1n) is 14.1. The van der Waals surface area contributed by atoms with Crippen LogP contribution in [0.1, 0.15) is 64.7 Å². The van der Waals surface area contributed by atoms with Gasteiger partial charge in [-0.05, 0) is 19.3 Å². The summed E-state index contributed by atoms with van der Waals surface area (Å²) in [5.74, 6) is -1.37. The second-order valence-corrected chi connectivity index (χ2v) is 8.53. The minimum atomic E-state index is -0.863. The van der Waals surface area contributed by atoms with Gasteiger partial charge in [0.2, 0.25) is 0 Å². The molecule has 0 saturated heterocycles. The van der Waals surface area contributed by atoms with E-state index in [4.69, 9.17) is 43.0 Å². The van der Waals surface area contributed by atoms with E-state index in [2.05, 4.69) is 6.92 Å². The van der Waals surface area contributed by atoms with Crippen molar-refractivity contribution in [2.75, 3.05) is 92.5 Å². The number of hydrogen-bond donors (Lipinski definition) is 1. The molecule has 12 heteroatoms. The molecular weight excluding hydrogens is 516 g/mol. The van der Waals surface area contributed by atoms with Gasteiger partial charge in [0, 0.05) is 19.3 Å². The molecule has 0 unspecified atom stereocenters. The van der Waals surface area contributed by atoms with Gasteiger partial charge in [-0.25, -0.2) is 0 Å². The summed E-state index contributed by atoms with van der Waals surface area (Å²) in [6.45, 7) is 7.65. The highest BCUT2D eigenvalue weighted by Gasteiger charge is 2.04. The van der Waals surface area contributed by atoms with Crippen LogP contribution in [0.2, 0.25) is 0 Å². The number of esters is 2. The van der Waals surface area contributed by atoms with E-state index in [-0.39, 0.29) is 44.6 Å². The average molecular weight is 567 g/mol. The number of unbranched alkanes of at least 4 members (excludes halogenated alkanes) is 4. The zero-order chi connectivity index (χ0) is 28.7. The van der Waals surface area contributed by atoms with Gasteiger partial charge in [-0.1, -0.05) is 26.2 Å². The van der Waals surface area contributed by atoms with Crippen molar-refractivity contribution in [3.63, 3.8) is 0 Å². The molecule has 12 nitrogen and oxygen atoms in total. The lowest BCUT2D eigenvalue weighted by molar-refractivity contribution is -0.146. The molecule has 230 valence electrons. The highest BCUT2D eigenvalue weighted by atomic mass is 16.6. The van der Waals surface area contributed by atoms with Crippen LogP contribution in [0.15, 0.2) is 0 Å². The van der Waals surface area contributed by atoms with Crippen molar-refractivity contribution >= 4 is 17.9 Å². The van der Waals surface area contributed by atoms with E-state index in [9.17, 15) is 14.4 Å². The monoisotopic (exact) mass is 566 g/mol. The third-order valence-corrected chi connectivity index (χ3v) is 5.10. The summed E-state index contributed by atoms with van der Waals surface area (Å²) in [4.78, 5) is 33.3. The van der Waals surface area contributed by atoms with Crippen molar-refractivity contribution in [1.82, 2.24) is 0 Å². The van der Waals surface area contributed by atoms with E-state index in [0.717, 1.165) is 25.7 Å². The van der Waals surface area contributed by atoms with Gasteiger partial charge >= 0.3 is 17.9 Å². The molecule has 0 aliphatic carbocycles. The van der Waals surface area contributed by atoms with Crippen molar-refractivity contribution in [2.24, 2.45) is 0 Å². The number of hydrogen-bond acceptors (Lipinski definition) is 11. The minimum absolute atomic E-state index is 0.0606. The van der Waals surface area contributed by atoms with Crippen LogP contribution in [0.4, 0.5) is 0 Å². The second-order valence-electron chi connectivity index (χ2n) is 8.53. The van der Waals surface area contributed by atoms with Crippen molar-refractivity contribution in [2.45, 2.75) is 64.7 Å². The Bertz CT molecular complexity index is 573. The lowest BCUT2D eigenvalue weighted by Crippen LogP contribution is -2.15. The summed E-state index contributed by atoms with van der Waals surface area (Å²) in [5, 5.41) is 8.53. The molecule has 0 aromatic rings. The van der Waals surface area contributed by atoms with E-state index in [0.29, 0.717) is 91.9 Å². The number of aliphatic carboxylic acids is 1. The van der Waals surface area contributed by atoms with Gasteiger partial charge in [-0.3, -0.25) is 14.4 Å². The molecule has 0 fully saturated rings. The van der Waals surface area contributed by atoms with Gasteiger partial charge in [-0.15, -0.1) is 0 Å². The third kappa shape index (κ3) is 32.3. The van der Waals surface area contributed by atoms with Crippen LogP contribution in [0.5, 0.6) is 0 Å². The molecule has 1 N–H and O–H groups in total. The fourth-order valence-electron chi connectivity index (χ4n) is 3.02. The number of carbonyl (C=O) groups excluding carboxylic acids is 2. The highest BCUT2D eigenvalue weighted by Crippen LogP contribution is 2.03. The Morgan fingerprint density at radius 3 is 1.08 bits per heavy atom. The zero-order valence-corrected chi connectivity index (χ0v) is 23.7. The van der Waals surface area contributed by atoms with Gasteiger partial charge in [0.15, 0.2) is 0 Å². The van der Waals surface area contributed by atoms with Gasteiger partial charge in [0.05, 0.1) is 79.3 Å². The molecule has 0 spiro atoms. The maximum Gasteiger partial charge on any atom is 0.305 e. The van der Waals surface area contributed by atoms with Crippen LogP contribution in [0.3, 0.4) is 0 Å². The van der Waals surface area contributed by atoms with E-state index in [1.807, 2.05) is 0 Å². The molecule has 0 aromatic heterocycles. The molecule has 0 saturated carbocycles. The SMILES string of the molecule is CCCCCCC(=O)OCCOCCOCCOCCOCCOCCOCCOC(=O)CCCCC(=O)O. The van der Waals surface area contributed by atoms with Crippen molar-refractivity contribution in [3.8, 4) is 0 Å². The molecule has 39 heavy (non-hydrogen) atoms. The molecular formula is C27H50O12. The molecule has 0 aliphatic rings. The van der Waals surface area contributed by atoms with E-state index < -0.39 is 5.97 Å². The third-order valence-electron chi connectivity index (χ3n) is 5.10. The largest absolute Gasteiger partial charge is 0.481 e. The maximum absolute atomic E-state index is 11.5. The average Bonchev–Trinajstić information content (AvgIpc) is 2.91. The first-order chi connectivity index (χ1) is 19.1. The molecule has 0 atom stereocenters. The summed E-state index contributed by atoms with van der Waals surface area (Å²) >= 11 is 0. The van der Waals surface area contributed by atoms with Gasteiger partial charge < -0.3 is 43.0 Å². The predicted octanol–water partition coefficient (Wildman–Crippen LogP) is 2.79. The van der Waals surface area contributed by atoms with Crippen molar-refractivity contribution < 1.29 is 57.4 Å². The summed E-state index contributed by atoms with van der Waals surface area (Å²) in [6, 6.07) is 0. The molecule has 0 aliphatic heterocycles. The smallest absolute Gasteiger partial charge is 0.305 e. The summed E-state index contributed by atoms with van der Waals surface area (Å²) in [6.07, 6.45) is 5.96. The summed E-state index contributed by atoms with van der Waals surface area (Å²) < 4.78 is 42.4. The lowest BCUT2D eigenvalue weighted by Gasteiger charge is -2.09. The second kappa shape index (κ2) is 30.7. The van der Waals surface area contributed by atoms with Crippen LogP contribution >= 0.6 is 0 Å². The Morgan fingerprint density at radius 2 is 0.744 bits per heavy atom. The summed E-state index contributed by atoms with van der Waals surface area (Å²) in [5.41, 5.74) is 0. The van der Waals surface area contributed by atoms with Crippen LogP contribution in [0.25, 0.3) is 0 Å². The Kier molecular flexibility index (Phi) is 29.3. The lowest BCUT2D eigenvalue weighted by atomic mass is 10.2. The van der Waals surface area contributed by atoms with Crippen LogP contribution in [-0.2, 0) is 52.3 Å². The van der Waals surface area contributed by atoms with Crippen LogP contribution in [0, 0.1) is 0 Å². The molecule has 0 bridgehead atoms. The van der Waals surface area contributed by atoms with Crippen LogP contribution in [-0.4, -0.2) is 116 Å². The Labute approximate surface area is 232 Å². The number of rotatable bonds is 31. The Morgan fingerprint density at radius 1 is 0.436 bits per heavy atom. The minimum Gasteiger partial charge on any atom is -0.481 e. The molecule has 0 heterocycles. The van der Waals surface area contributed by atoms with Crippen LogP contribution < -0.4 is 0 Å². The van der Waals surface area contributed by atoms with Crippen molar-refractivity contribution in [1.29, 1.82) is 0 Å². The normalized spacial score (nSPS) is 11.0. The van der Waals surface area contributed by atoms with E-state index in [1.165, 1.54) is 0 Å². The number of carbonyl (C=O) groups is 3. The van der Waals surface area contributed by atoms with Gasteiger partial charge in [0.1, 0.15) is 13.2 Å².